The summed E-state index contributed by atoms with van der Waals surface area (Å²) in [5, 5.41) is 12.7. The highest BCUT2D eigenvalue weighted by Gasteiger charge is 2.19. The summed E-state index contributed by atoms with van der Waals surface area (Å²) in [5.74, 6) is -0.656. The number of nitrogens with zero attached hydrogens (tertiary/aromatic N) is 2. The first-order chi connectivity index (χ1) is 12.8. The third kappa shape index (κ3) is 4.45. The summed E-state index contributed by atoms with van der Waals surface area (Å²) in [7, 11) is -2.09. The molecule has 0 unspecified atom stereocenters. The van der Waals surface area contributed by atoms with E-state index in [1.807, 2.05) is 7.05 Å². The van der Waals surface area contributed by atoms with Crippen LogP contribution in [0.3, 0.4) is 0 Å². The maximum atomic E-state index is 12.5. The van der Waals surface area contributed by atoms with E-state index >= 15 is 0 Å². The van der Waals surface area contributed by atoms with Gasteiger partial charge in [0.1, 0.15) is 23.8 Å². The fourth-order valence-electron chi connectivity index (χ4n) is 2.50. The Bertz CT molecular complexity index is 1060. The summed E-state index contributed by atoms with van der Waals surface area (Å²) in [6.07, 6.45) is 5.27. The van der Waals surface area contributed by atoms with Gasteiger partial charge >= 0.3 is 0 Å². The van der Waals surface area contributed by atoms with E-state index in [1.165, 1.54) is 30.3 Å². The lowest BCUT2D eigenvalue weighted by Gasteiger charge is -2.14. The molecule has 8 nitrogen and oxygen atoms in total. The molecule has 1 aromatic heterocycles. The van der Waals surface area contributed by atoms with Crippen molar-refractivity contribution in [3.05, 3.63) is 67.3 Å². The van der Waals surface area contributed by atoms with Gasteiger partial charge in [0.25, 0.3) is 15.9 Å². The molecule has 0 fully saturated rings. The summed E-state index contributed by atoms with van der Waals surface area (Å²) in [4.78, 5) is 12.3. The third-order valence-corrected chi connectivity index (χ3v) is 5.12. The molecule has 0 aliphatic rings. The van der Waals surface area contributed by atoms with Crippen molar-refractivity contribution in [2.24, 2.45) is 7.05 Å². The van der Waals surface area contributed by atoms with E-state index in [4.69, 9.17) is 0 Å². The topological polar surface area (TPSA) is 104 Å². The van der Waals surface area contributed by atoms with Crippen molar-refractivity contribution in [2.75, 3.05) is 10.0 Å². The number of sulfonamides is 1. The first kappa shape index (κ1) is 18.5. The van der Waals surface area contributed by atoms with Crippen LogP contribution in [-0.2, 0) is 28.4 Å². The third-order valence-electron chi connectivity index (χ3n) is 3.76. The molecule has 3 aromatic rings. The molecule has 0 bridgehead atoms. The minimum atomic E-state index is -3.92. The van der Waals surface area contributed by atoms with Crippen molar-refractivity contribution in [3.63, 3.8) is 0 Å². The zero-order valence-corrected chi connectivity index (χ0v) is 15.3. The Hall–Kier alpha value is -3.33. The number of hydrogen-bond donors (Lipinski definition) is 3. The average Bonchev–Trinajstić information content (AvgIpc) is 3.03. The van der Waals surface area contributed by atoms with E-state index in [0.717, 1.165) is 0 Å². The summed E-state index contributed by atoms with van der Waals surface area (Å²) in [5.41, 5.74) is 0.0730. The number of phenols is 1. The van der Waals surface area contributed by atoms with Crippen LogP contribution in [0.15, 0.2) is 72.1 Å². The Morgan fingerprint density at radius 3 is 2.56 bits per heavy atom. The average molecular weight is 387 g/mol. The minimum Gasteiger partial charge on any atom is -0.506 e. The van der Waals surface area contributed by atoms with Gasteiger partial charge in [-0.05, 0) is 24.3 Å². The molecule has 2 aromatic carbocycles. The van der Waals surface area contributed by atoms with Crippen molar-refractivity contribution < 1.29 is 22.9 Å². The van der Waals surface area contributed by atoms with Crippen molar-refractivity contribution in [3.8, 4) is 5.75 Å². The molecule has 140 valence electrons. The molecule has 0 radical (unpaired) electrons. The highest BCUT2D eigenvalue weighted by atomic mass is 32.2. The predicted octanol–water partition coefficient (Wildman–Crippen LogP) is 1.46. The van der Waals surface area contributed by atoms with E-state index in [-0.39, 0.29) is 34.5 Å². The molecule has 0 atom stereocenters. The van der Waals surface area contributed by atoms with Crippen LogP contribution in [0.1, 0.15) is 0 Å². The lowest BCUT2D eigenvalue weighted by molar-refractivity contribution is -0.671. The number of rotatable bonds is 6. The van der Waals surface area contributed by atoms with Crippen LogP contribution in [0.25, 0.3) is 0 Å². The second kappa shape index (κ2) is 7.50. The fraction of sp³-hybridized carbons (Fsp3) is 0.111. The number of benzene rings is 2. The number of hydrogen-bond acceptors (Lipinski definition) is 4. The van der Waals surface area contributed by atoms with Gasteiger partial charge in [-0.2, -0.15) is 0 Å². The maximum Gasteiger partial charge on any atom is 0.266 e. The van der Waals surface area contributed by atoms with Gasteiger partial charge in [-0.1, -0.05) is 24.3 Å². The standard InChI is InChI=1S/C18H18N4O4S/c1-21-10-11-22(13-21)12-17(24)19-15-8-5-9-16(23)18(15)20-27(25,26)14-6-3-2-4-7-14/h2-11,13,20H,12H2,1H3,(H-,19,23,24)/p+1. The van der Waals surface area contributed by atoms with E-state index in [9.17, 15) is 18.3 Å². The number of aromatic nitrogens is 2. The minimum absolute atomic E-state index is 0.0430. The fourth-order valence-corrected chi connectivity index (χ4v) is 3.61. The molecule has 1 heterocycles. The van der Waals surface area contributed by atoms with Crippen molar-refractivity contribution in [1.82, 2.24) is 4.57 Å². The summed E-state index contributed by atoms with van der Waals surface area (Å²) < 4.78 is 30.9. The quantitative estimate of drug-likeness (QED) is 0.440. The molecule has 27 heavy (non-hydrogen) atoms. The molecule has 3 N–H and O–H groups in total. The van der Waals surface area contributed by atoms with E-state index in [2.05, 4.69) is 10.0 Å². The Balaban J connectivity index is 1.83. The van der Waals surface area contributed by atoms with Crippen LogP contribution in [-0.4, -0.2) is 24.0 Å². The zero-order chi connectivity index (χ0) is 19.4. The molecule has 0 saturated heterocycles. The highest BCUT2D eigenvalue weighted by Crippen LogP contribution is 2.33. The number of carbonyl (C=O) groups is 1. The van der Waals surface area contributed by atoms with Crippen molar-refractivity contribution in [2.45, 2.75) is 11.4 Å². The lowest BCUT2D eigenvalue weighted by atomic mass is 10.2. The van der Waals surface area contributed by atoms with Gasteiger partial charge in [-0.3, -0.25) is 9.52 Å². The second-order valence-electron chi connectivity index (χ2n) is 5.92. The molecule has 0 aliphatic carbocycles. The lowest BCUT2D eigenvalue weighted by Crippen LogP contribution is -2.25. The first-order valence-electron chi connectivity index (χ1n) is 8.06. The Labute approximate surface area is 156 Å². The van der Waals surface area contributed by atoms with Crippen molar-refractivity contribution >= 4 is 27.3 Å². The van der Waals surface area contributed by atoms with E-state index < -0.39 is 10.0 Å². The molecule has 0 aliphatic heterocycles. The molecule has 1 amide bonds. The van der Waals surface area contributed by atoms with Crippen LogP contribution < -0.4 is 14.6 Å². The number of phenolic OH excluding ortho intramolecular Hbond substituents is 1. The van der Waals surface area contributed by atoms with E-state index in [1.54, 1.807) is 46.1 Å². The van der Waals surface area contributed by atoms with Gasteiger partial charge in [0, 0.05) is 0 Å². The second-order valence-corrected chi connectivity index (χ2v) is 7.60. The van der Waals surface area contributed by atoms with Crippen molar-refractivity contribution in [1.29, 1.82) is 0 Å². The number of carbonyl (C=O) groups excluding carboxylic acids is 1. The summed E-state index contributed by atoms with van der Waals surface area (Å²) in [6, 6.07) is 12.1. The summed E-state index contributed by atoms with van der Waals surface area (Å²) >= 11 is 0. The van der Waals surface area contributed by atoms with Crippen LogP contribution in [0.5, 0.6) is 5.75 Å². The van der Waals surface area contributed by atoms with Crippen LogP contribution in [0, 0.1) is 0 Å². The van der Waals surface area contributed by atoms with Gasteiger partial charge in [0.05, 0.1) is 17.6 Å². The summed E-state index contributed by atoms with van der Waals surface area (Å²) in [6.45, 7) is 0.0430. The van der Waals surface area contributed by atoms with Gasteiger partial charge in [0.15, 0.2) is 6.54 Å². The number of imidazole rings is 1. The van der Waals surface area contributed by atoms with Crippen LogP contribution in [0.4, 0.5) is 11.4 Å². The number of nitrogens with one attached hydrogen (secondary N) is 2. The van der Waals surface area contributed by atoms with Gasteiger partial charge in [0.2, 0.25) is 6.33 Å². The van der Waals surface area contributed by atoms with Gasteiger partial charge in [-0.15, -0.1) is 0 Å². The van der Waals surface area contributed by atoms with Crippen LogP contribution in [0.2, 0.25) is 0 Å². The largest absolute Gasteiger partial charge is 0.506 e. The predicted molar refractivity (Wildman–Crippen MR) is 99.6 cm³/mol. The molecule has 3 rings (SSSR count). The van der Waals surface area contributed by atoms with Gasteiger partial charge < -0.3 is 10.4 Å². The molecule has 0 saturated carbocycles. The SMILES string of the molecule is C[n+]1ccn(CC(=O)Nc2cccc(O)c2NS(=O)(=O)c2ccccc2)c1. The smallest absolute Gasteiger partial charge is 0.266 e. The highest BCUT2D eigenvalue weighted by molar-refractivity contribution is 7.92. The Morgan fingerprint density at radius 2 is 1.89 bits per heavy atom. The van der Waals surface area contributed by atoms with Crippen LogP contribution >= 0.6 is 0 Å². The Kier molecular flexibility index (Phi) is 5.13. The first-order valence-corrected chi connectivity index (χ1v) is 9.54. The Morgan fingerprint density at radius 1 is 1.15 bits per heavy atom. The number of aromatic hydroxyl groups is 1. The number of anilines is 2. The maximum absolute atomic E-state index is 12.5. The zero-order valence-electron chi connectivity index (χ0n) is 14.5. The molecule has 0 spiro atoms. The number of amides is 1. The monoisotopic (exact) mass is 387 g/mol. The number of para-hydroxylation sites is 1. The molecular weight excluding hydrogens is 368 g/mol. The molecule has 9 heteroatoms. The van der Waals surface area contributed by atoms with E-state index in [0.29, 0.717) is 0 Å². The number of aryl methyl sites for hydroxylation is 1. The molecular formula is C18H19N4O4S+. The van der Waals surface area contributed by atoms with Gasteiger partial charge in [-0.25, -0.2) is 17.6 Å². The normalized spacial score (nSPS) is 11.1.